The van der Waals surface area contributed by atoms with Gasteiger partial charge in [0.05, 0.1) is 17.2 Å². The van der Waals surface area contributed by atoms with Gasteiger partial charge in [0, 0.05) is 43.9 Å². The standard InChI is InChI=1S/C16H21N3O2S/c1-3-19-15-4-5-18(8-13(15)14(9-20)17-19)7-12-6-16(11(2)21)22-10-12/h6,10,20H,3-5,7-9H2,1-2H3. The molecule has 0 unspecified atom stereocenters. The molecule has 0 saturated heterocycles. The molecule has 1 aliphatic heterocycles. The average Bonchev–Trinajstić information content (AvgIpc) is 3.11. The normalized spacial score (nSPS) is 15.0. The van der Waals surface area contributed by atoms with Gasteiger partial charge in [0.2, 0.25) is 0 Å². The van der Waals surface area contributed by atoms with Gasteiger partial charge in [0.15, 0.2) is 5.78 Å². The molecule has 3 rings (SSSR count). The predicted molar refractivity (Wildman–Crippen MR) is 86.0 cm³/mol. The first kappa shape index (κ1) is 15.4. The summed E-state index contributed by atoms with van der Waals surface area (Å²) in [5.41, 5.74) is 4.43. The molecule has 2 aromatic rings. The minimum absolute atomic E-state index is 0.00386. The van der Waals surface area contributed by atoms with E-state index in [9.17, 15) is 9.90 Å². The molecule has 5 nitrogen and oxygen atoms in total. The van der Waals surface area contributed by atoms with Gasteiger partial charge in [-0.2, -0.15) is 5.10 Å². The molecule has 0 amide bonds. The van der Waals surface area contributed by atoms with Gasteiger partial charge < -0.3 is 5.11 Å². The number of aryl methyl sites for hydroxylation is 1. The third kappa shape index (κ3) is 2.86. The third-order valence-corrected chi connectivity index (χ3v) is 5.23. The third-order valence-electron chi connectivity index (χ3n) is 4.15. The fourth-order valence-corrected chi connectivity index (χ4v) is 3.85. The topological polar surface area (TPSA) is 58.4 Å². The van der Waals surface area contributed by atoms with E-state index in [-0.39, 0.29) is 12.4 Å². The first-order chi connectivity index (χ1) is 10.6. The summed E-state index contributed by atoms with van der Waals surface area (Å²) >= 11 is 1.51. The minimum Gasteiger partial charge on any atom is -0.390 e. The van der Waals surface area contributed by atoms with Crippen molar-refractivity contribution in [3.63, 3.8) is 0 Å². The van der Waals surface area contributed by atoms with Crippen LogP contribution in [0.5, 0.6) is 0 Å². The lowest BCUT2D eigenvalue weighted by atomic mass is 10.0. The lowest BCUT2D eigenvalue weighted by molar-refractivity contribution is 0.102. The Labute approximate surface area is 134 Å². The molecule has 22 heavy (non-hydrogen) atoms. The van der Waals surface area contributed by atoms with Crippen LogP contribution in [-0.4, -0.2) is 32.1 Å². The first-order valence-corrected chi connectivity index (χ1v) is 8.49. The number of ketones is 1. The van der Waals surface area contributed by atoms with E-state index < -0.39 is 0 Å². The van der Waals surface area contributed by atoms with E-state index in [4.69, 9.17) is 0 Å². The fraction of sp³-hybridized carbons (Fsp3) is 0.500. The second-order valence-electron chi connectivity index (χ2n) is 5.68. The summed E-state index contributed by atoms with van der Waals surface area (Å²) in [6.45, 7) is 7.16. The predicted octanol–water partition coefficient (Wildman–Crippen LogP) is 2.22. The number of thiophene rings is 1. The fourth-order valence-electron chi connectivity index (χ4n) is 3.04. The highest BCUT2D eigenvalue weighted by atomic mass is 32.1. The van der Waals surface area contributed by atoms with Crippen molar-refractivity contribution in [2.45, 2.75) is 46.5 Å². The molecule has 6 heteroatoms. The van der Waals surface area contributed by atoms with Crippen LogP contribution in [0.15, 0.2) is 11.4 Å². The van der Waals surface area contributed by atoms with Gasteiger partial charge >= 0.3 is 0 Å². The molecule has 1 aliphatic rings. The number of hydrogen-bond acceptors (Lipinski definition) is 5. The maximum absolute atomic E-state index is 11.4. The molecule has 0 atom stereocenters. The molecule has 3 heterocycles. The Morgan fingerprint density at radius 2 is 2.32 bits per heavy atom. The van der Waals surface area contributed by atoms with Crippen LogP contribution < -0.4 is 0 Å². The molecule has 0 aliphatic carbocycles. The van der Waals surface area contributed by atoms with E-state index in [0.717, 1.165) is 43.2 Å². The number of aliphatic hydroxyl groups is 1. The number of carbonyl (C=O) groups is 1. The van der Waals surface area contributed by atoms with Crippen molar-refractivity contribution in [3.05, 3.63) is 38.8 Å². The summed E-state index contributed by atoms with van der Waals surface area (Å²) in [4.78, 5) is 14.6. The zero-order valence-corrected chi connectivity index (χ0v) is 13.8. The highest BCUT2D eigenvalue weighted by Crippen LogP contribution is 2.25. The summed E-state index contributed by atoms with van der Waals surface area (Å²) in [7, 11) is 0. The summed E-state index contributed by atoms with van der Waals surface area (Å²) in [6.07, 6.45) is 0.958. The van der Waals surface area contributed by atoms with Crippen molar-refractivity contribution < 1.29 is 9.90 Å². The van der Waals surface area contributed by atoms with E-state index in [1.54, 1.807) is 6.92 Å². The lowest BCUT2D eigenvalue weighted by Gasteiger charge is -2.27. The Balaban J connectivity index is 1.76. The quantitative estimate of drug-likeness (QED) is 0.859. The maximum atomic E-state index is 11.4. The molecule has 118 valence electrons. The number of aromatic nitrogens is 2. The molecule has 1 N–H and O–H groups in total. The van der Waals surface area contributed by atoms with Crippen molar-refractivity contribution >= 4 is 17.1 Å². The highest BCUT2D eigenvalue weighted by molar-refractivity contribution is 7.12. The number of fused-ring (bicyclic) bond motifs is 1. The van der Waals surface area contributed by atoms with Crippen LogP contribution >= 0.6 is 11.3 Å². The van der Waals surface area contributed by atoms with Gasteiger partial charge in [-0.1, -0.05) is 0 Å². The van der Waals surface area contributed by atoms with E-state index in [1.807, 2.05) is 10.7 Å². The molecule has 0 saturated carbocycles. The Bertz CT molecular complexity index is 690. The Morgan fingerprint density at radius 3 is 2.95 bits per heavy atom. The molecular weight excluding hydrogens is 298 g/mol. The van der Waals surface area contributed by atoms with Crippen LogP contribution in [0.3, 0.4) is 0 Å². The number of hydrogen-bond donors (Lipinski definition) is 1. The minimum atomic E-state index is -0.00386. The Morgan fingerprint density at radius 1 is 1.50 bits per heavy atom. The number of carbonyl (C=O) groups excluding carboxylic acids is 1. The number of nitrogens with zero attached hydrogens (tertiary/aromatic N) is 3. The molecule has 0 fully saturated rings. The molecule has 0 spiro atoms. The second kappa shape index (κ2) is 6.32. The van der Waals surface area contributed by atoms with Crippen molar-refractivity contribution in [1.29, 1.82) is 0 Å². The van der Waals surface area contributed by atoms with Crippen molar-refractivity contribution in [2.75, 3.05) is 6.54 Å². The van der Waals surface area contributed by atoms with Crippen LogP contribution in [0.4, 0.5) is 0 Å². The van der Waals surface area contributed by atoms with Gasteiger partial charge in [-0.15, -0.1) is 11.3 Å². The van der Waals surface area contributed by atoms with E-state index in [1.165, 1.54) is 28.2 Å². The van der Waals surface area contributed by atoms with Gasteiger partial charge in [0.1, 0.15) is 0 Å². The van der Waals surface area contributed by atoms with Crippen LogP contribution in [-0.2, 0) is 32.7 Å². The van der Waals surface area contributed by atoms with Crippen LogP contribution in [0.1, 0.15) is 46.0 Å². The van der Waals surface area contributed by atoms with E-state index >= 15 is 0 Å². The Kier molecular flexibility index (Phi) is 4.42. The monoisotopic (exact) mass is 319 g/mol. The van der Waals surface area contributed by atoms with Crippen LogP contribution in [0.25, 0.3) is 0 Å². The van der Waals surface area contributed by atoms with Crippen LogP contribution in [0.2, 0.25) is 0 Å². The van der Waals surface area contributed by atoms with E-state index in [2.05, 4.69) is 22.3 Å². The van der Waals surface area contributed by atoms with Crippen molar-refractivity contribution in [2.24, 2.45) is 0 Å². The maximum Gasteiger partial charge on any atom is 0.169 e. The zero-order valence-electron chi connectivity index (χ0n) is 13.0. The number of aliphatic hydroxyl groups excluding tert-OH is 1. The zero-order chi connectivity index (χ0) is 15.7. The van der Waals surface area contributed by atoms with Crippen molar-refractivity contribution in [1.82, 2.24) is 14.7 Å². The first-order valence-electron chi connectivity index (χ1n) is 7.61. The summed E-state index contributed by atoms with van der Waals surface area (Å²) < 4.78 is 2.01. The number of Topliss-reactive ketones (excluding diaryl/α,β-unsaturated/α-hetero) is 1. The summed E-state index contributed by atoms with van der Waals surface area (Å²) in [5.74, 6) is 0.129. The van der Waals surface area contributed by atoms with Crippen LogP contribution in [0, 0.1) is 0 Å². The van der Waals surface area contributed by atoms with Crippen molar-refractivity contribution in [3.8, 4) is 0 Å². The SMILES string of the molecule is CCn1nc(CO)c2c1CCN(Cc1csc(C(C)=O)c1)C2. The van der Waals surface area contributed by atoms with Gasteiger partial charge in [-0.3, -0.25) is 14.4 Å². The second-order valence-corrected chi connectivity index (χ2v) is 6.59. The lowest BCUT2D eigenvalue weighted by Crippen LogP contribution is -2.30. The smallest absolute Gasteiger partial charge is 0.169 e. The van der Waals surface area contributed by atoms with Gasteiger partial charge in [-0.05, 0) is 30.9 Å². The summed E-state index contributed by atoms with van der Waals surface area (Å²) in [6, 6.07) is 1.99. The molecule has 0 aromatic carbocycles. The molecular formula is C16H21N3O2S. The van der Waals surface area contributed by atoms with E-state index in [0.29, 0.717) is 0 Å². The largest absolute Gasteiger partial charge is 0.390 e. The molecule has 2 aromatic heterocycles. The van der Waals surface area contributed by atoms with Gasteiger partial charge in [-0.25, -0.2) is 0 Å². The molecule has 0 radical (unpaired) electrons. The molecule has 0 bridgehead atoms. The highest BCUT2D eigenvalue weighted by Gasteiger charge is 2.24. The number of rotatable bonds is 5. The average molecular weight is 319 g/mol. The summed E-state index contributed by atoms with van der Waals surface area (Å²) in [5, 5.41) is 16.1. The Hall–Kier alpha value is -1.50. The van der Waals surface area contributed by atoms with Gasteiger partial charge in [0.25, 0.3) is 0 Å².